The molecular formula is C17H15N3O3S. The van der Waals surface area contributed by atoms with Crippen LogP contribution >= 0.6 is 11.8 Å². The molecule has 7 heteroatoms. The van der Waals surface area contributed by atoms with Gasteiger partial charge in [-0.25, -0.2) is 0 Å². The highest BCUT2D eigenvalue weighted by Gasteiger charge is 2.18. The summed E-state index contributed by atoms with van der Waals surface area (Å²) in [6.45, 7) is 1.40. The highest BCUT2D eigenvalue weighted by molar-refractivity contribution is 7.98. The van der Waals surface area contributed by atoms with Crippen LogP contribution in [0.2, 0.25) is 0 Å². The molecule has 1 amide bonds. The molecule has 1 aromatic heterocycles. The third kappa shape index (κ3) is 4.33. The number of amides is 1. The van der Waals surface area contributed by atoms with Gasteiger partial charge in [0.05, 0.1) is 17.2 Å². The topological polar surface area (TPSA) is 103 Å². The van der Waals surface area contributed by atoms with E-state index in [9.17, 15) is 9.59 Å². The SMILES string of the molecule is C[C@@H](NC(=O)c1ccncc1SCc1ccccc1C#N)C(=O)O. The van der Waals surface area contributed by atoms with Crippen LogP contribution in [0.25, 0.3) is 0 Å². The lowest BCUT2D eigenvalue weighted by atomic mass is 10.1. The number of rotatable bonds is 6. The average Bonchev–Trinajstić information content (AvgIpc) is 2.60. The van der Waals surface area contributed by atoms with Gasteiger partial charge in [0.1, 0.15) is 6.04 Å². The van der Waals surface area contributed by atoms with E-state index in [0.29, 0.717) is 21.8 Å². The van der Waals surface area contributed by atoms with Crippen molar-refractivity contribution in [1.82, 2.24) is 10.3 Å². The first kappa shape index (κ1) is 17.5. The number of carboxylic acids is 1. The number of thioether (sulfide) groups is 1. The Morgan fingerprint density at radius 1 is 1.38 bits per heavy atom. The van der Waals surface area contributed by atoms with Crippen molar-refractivity contribution >= 4 is 23.6 Å². The van der Waals surface area contributed by atoms with Gasteiger partial charge in [0.25, 0.3) is 5.91 Å². The normalized spacial score (nSPS) is 11.3. The first-order chi connectivity index (χ1) is 11.5. The molecular weight excluding hydrogens is 326 g/mol. The van der Waals surface area contributed by atoms with Gasteiger partial charge in [-0.1, -0.05) is 18.2 Å². The number of carbonyl (C=O) groups excluding carboxylic acids is 1. The summed E-state index contributed by atoms with van der Waals surface area (Å²) in [6.07, 6.45) is 3.04. The van der Waals surface area contributed by atoms with Crippen molar-refractivity contribution in [3.8, 4) is 6.07 Å². The minimum Gasteiger partial charge on any atom is -0.480 e. The molecule has 2 aromatic rings. The Morgan fingerprint density at radius 2 is 2.12 bits per heavy atom. The zero-order valence-corrected chi connectivity index (χ0v) is 13.7. The van der Waals surface area contributed by atoms with Gasteiger partial charge in [0, 0.05) is 23.0 Å². The summed E-state index contributed by atoms with van der Waals surface area (Å²) in [6, 6.07) is 9.93. The van der Waals surface area contributed by atoms with Gasteiger partial charge in [-0.15, -0.1) is 11.8 Å². The van der Waals surface area contributed by atoms with Gasteiger partial charge in [-0.05, 0) is 24.6 Å². The molecule has 0 spiro atoms. The van der Waals surface area contributed by atoms with Crippen molar-refractivity contribution in [2.75, 3.05) is 0 Å². The number of carbonyl (C=O) groups is 2. The lowest BCUT2D eigenvalue weighted by Crippen LogP contribution is -2.38. The standard InChI is InChI=1S/C17H15N3O3S/c1-11(17(22)23)20-16(21)14-6-7-19-9-15(14)24-10-13-5-3-2-4-12(13)8-18/h2-7,9,11H,10H2,1H3,(H,20,21)(H,22,23)/t11-/m1/s1. The summed E-state index contributed by atoms with van der Waals surface area (Å²) in [7, 11) is 0. The van der Waals surface area contributed by atoms with Crippen LogP contribution in [0.1, 0.15) is 28.4 Å². The number of pyridine rings is 1. The van der Waals surface area contributed by atoms with Gasteiger partial charge in [-0.2, -0.15) is 5.26 Å². The molecule has 1 aromatic carbocycles. The molecule has 24 heavy (non-hydrogen) atoms. The van der Waals surface area contributed by atoms with E-state index in [1.807, 2.05) is 12.1 Å². The molecule has 0 fully saturated rings. The Hall–Kier alpha value is -2.85. The number of aliphatic carboxylic acids is 1. The van der Waals surface area contributed by atoms with Crippen LogP contribution in [-0.4, -0.2) is 28.0 Å². The highest BCUT2D eigenvalue weighted by Crippen LogP contribution is 2.26. The quantitative estimate of drug-likeness (QED) is 0.782. The van der Waals surface area contributed by atoms with Crippen LogP contribution in [0.3, 0.4) is 0 Å². The molecule has 0 radical (unpaired) electrons. The van der Waals surface area contributed by atoms with Crippen molar-refractivity contribution in [2.45, 2.75) is 23.6 Å². The zero-order chi connectivity index (χ0) is 17.5. The fourth-order valence-corrected chi connectivity index (χ4v) is 2.94. The number of hydrogen-bond acceptors (Lipinski definition) is 5. The van der Waals surface area contributed by atoms with Crippen molar-refractivity contribution in [3.05, 3.63) is 59.4 Å². The Morgan fingerprint density at radius 3 is 2.83 bits per heavy atom. The van der Waals surface area contributed by atoms with E-state index in [0.717, 1.165) is 5.56 Å². The molecule has 0 aliphatic heterocycles. The van der Waals surface area contributed by atoms with Gasteiger partial charge in [0.2, 0.25) is 0 Å². The van der Waals surface area contributed by atoms with Crippen LogP contribution in [-0.2, 0) is 10.5 Å². The van der Waals surface area contributed by atoms with Crippen molar-refractivity contribution < 1.29 is 14.7 Å². The van der Waals surface area contributed by atoms with Gasteiger partial charge in [0.15, 0.2) is 0 Å². The maximum absolute atomic E-state index is 12.2. The fourth-order valence-electron chi connectivity index (χ4n) is 1.93. The van der Waals surface area contributed by atoms with Crippen molar-refractivity contribution in [2.24, 2.45) is 0 Å². The second-order valence-corrected chi connectivity index (χ2v) is 5.98. The van der Waals surface area contributed by atoms with Gasteiger partial charge in [-0.3, -0.25) is 14.6 Å². The zero-order valence-electron chi connectivity index (χ0n) is 12.9. The molecule has 0 saturated carbocycles. The second-order valence-electron chi connectivity index (χ2n) is 4.96. The molecule has 0 bridgehead atoms. The van der Waals surface area contributed by atoms with E-state index in [-0.39, 0.29) is 0 Å². The van der Waals surface area contributed by atoms with Gasteiger partial charge < -0.3 is 10.4 Å². The third-order valence-corrected chi connectivity index (χ3v) is 4.36. The van der Waals surface area contributed by atoms with Crippen molar-refractivity contribution in [1.29, 1.82) is 5.26 Å². The molecule has 2 rings (SSSR count). The largest absolute Gasteiger partial charge is 0.480 e. The summed E-state index contributed by atoms with van der Waals surface area (Å²) in [5, 5.41) is 20.4. The van der Waals surface area contributed by atoms with Gasteiger partial charge >= 0.3 is 5.97 Å². The van der Waals surface area contributed by atoms with E-state index >= 15 is 0 Å². The molecule has 122 valence electrons. The van der Waals surface area contributed by atoms with Crippen molar-refractivity contribution in [3.63, 3.8) is 0 Å². The van der Waals surface area contributed by atoms with Crippen LogP contribution in [0.5, 0.6) is 0 Å². The summed E-state index contributed by atoms with van der Waals surface area (Å²) in [5.74, 6) is -1.07. The number of nitrogens with one attached hydrogen (secondary N) is 1. The molecule has 0 saturated heterocycles. The highest BCUT2D eigenvalue weighted by atomic mass is 32.2. The van der Waals surface area contributed by atoms with Crippen LogP contribution < -0.4 is 5.32 Å². The number of hydrogen-bond donors (Lipinski definition) is 2. The summed E-state index contributed by atoms with van der Waals surface area (Å²) < 4.78 is 0. The lowest BCUT2D eigenvalue weighted by molar-refractivity contribution is -0.138. The van der Waals surface area contributed by atoms with E-state index in [1.165, 1.54) is 24.9 Å². The van der Waals surface area contributed by atoms with Crippen LogP contribution in [0, 0.1) is 11.3 Å². The molecule has 6 nitrogen and oxygen atoms in total. The number of benzene rings is 1. The Kier molecular flexibility index (Phi) is 5.93. The minimum absolute atomic E-state index is 0.359. The number of aromatic nitrogens is 1. The summed E-state index contributed by atoms with van der Waals surface area (Å²) in [4.78, 5) is 27.8. The van der Waals surface area contributed by atoms with Crippen LogP contribution in [0.15, 0.2) is 47.6 Å². The van der Waals surface area contributed by atoms with Crippen LogP contribution in [0.4, 0.5) is 0 Å². The molecule has 2 N–H and O–H groups in total. The Bertz CT molecular complexity index is 802. The lowest BCUT2D eigenvalue weighted by Gasteiger charge is -2.12. The second kappa shape index (κ2) is 8.13. The summed E-state index contributed by atoms with van der Waals surface area (Å²) >= 11 is 1.37. The number of nitrogens with zero attached hydrogens (tertiary/aromatic N) is 2. The predicted octanol–water partition coefficient (Wildman–Crippen LogP) is 2.45. The first-order valence-corrected chi connectivity index (χ1v) is 8.10. The Balaban J connectivity index is 2.16. The van der Waals surface area contributed by atoms with E-state index in [1.54, 1.807) is 24.4 Å². The maximum atomic E-state index is 12.2. The Labute approximate surface area is 143 Å². The number of carboxylic acid groups (broad SMARTS) is 1. The third-order valence-electron chi connectivity index (χ3n) is 3.27. The molecule has 0 aliphatic rings. The summed E-state index contributed by atoms with van der Waals surface area (Å²) in [5.41, 5.74) is 1.80. The maximum Gasteiger partial charge on any atom is 0.325 e. The molecule has 0 aliphatic carbocycles. The first-order valence-electron chi connectivity index (χ1n) is 7.11. The van der Waals surface area contributed by atoms with E-state index in [2.05, 4.69) is 16.4 Å². The predicted molar refractivity (Wildman–Crippen MR) is 89.5 cm³/mol. The fraction of sp³-hybridized carbons (Fsp3) is 0.176. The number of nitriles is 1. The molecule has 1 heterocycles. The molecule has 1 atom stereocenters. The molecule has 0 unspecified atom stereocenters. The minimum atomic E-state index is -1.10. The monoisotopic (exact) mass is 341 g/mol. The average molecular weight is 341 g/mol. The van der Waals surface area contributed by atoms with E-state index < -0.39 is 17.9 Å². The smallest absolute Gasteiger partial charge is 0.325 e. The van der Waals surface area contributed by atoms with E-state index in [4.69, 9.17) is 10.4 Å².